The molecular formula is C27H46O2Si. The smallest absolute Gasteiger partial charge is 0.171 e. The standard InChI is InChI=1S/C27H46O2Si/c1-25(2,3)23(29-30(6)7)17-19-11-12-20-24-21(13-15-27(19,20)5)26(4)14-9-8-10-18(26)16-22(24)28/h16,19-21,23-24,30H,8-15,17H2,1-7H3/t19-,20+,21+,23?,24+,26+,27-/m1/s1. The molecule has 4 aliphatic rings. The van der Waals surface area contributed by atoms with Crippen molar-refractivity contribution in [1.29, 1.82) is 0 Å². The molecule has 0 aliphatic heterocycles. The van der Waals surface area contributed by atoms with E-state index in [1.165, 1.54) is 63.4 Å². The summed E-state index contributed by atoms with van der Waals surface area (Å²) in [6.45, 7) is 16.7. The molecule has 0 aromatic carbocycles. The molecule has 30 heavy (non-hydrogen) atoms. The Kier molecular flexibility index (Phi) is 5.97. The fourth-order valence-corrected chi connectivity index (χ4v) is 9.31. The lowest BCUT2D eigenvalue weighted by atomic mass is 9.47. The highest BCUT2D eigenvalue weighted by atomic mass is 28.3. The van der Waals surface area contributed by atoms with Gasteiger partial charge >= 0.3 is 0 Å². The van der Waals surface area contributed by atoms with Crippen molar-refractivity contribution in [3.05, 3.63) is 11.6 Å². The van der Waals surface area contributed by atoms with Gasteiger partial charge in [0.25, 0.3) is 0 Å². The zero-order chi connectivity index (χ0) is 21.9. The van der Waals surface area contributed by atoms with Gasteiger partial charge in [-0.15, -0.1) is 0 Å². The topological polar surface area (TPSA) is 26.3 Å². The Morgan fingerprint density at radius 1 is 1.10 bits per heavy atom. The van der Waals surface area contributed by atoms with Crippen LogP contribution in [0.1, 0.15) is 92.4 Å². The average molecular weight is 431 g/mol. The third-order valence-corrected chi connectivity index (χ3v) is 10.8. The zero-order valence-corrected chi connectivity index (χ0v) is 21.9. The summed E-state index contributed by atoms with van der Waals surface area (Å²) in [5, 5.41) is 0. The molecule has 170 valence electrons. The molecule has 0 aromatic heterocycles. The molecule has 4 rings (SSSR count). The Balaban J connectivity index is 1.59. The van der Waals surface area contributed by atoms with Crippen molar-refractivity contribution in [2.24, 2.45) is 39.9 Å². The molecule has 7 atom stereocenters. The van der Waals surface area contributed by atoms with Gasteiger partial charge in [0.1, 0.15) is 0 Å². The van der Waals surface area contributed by atoms with Crippen LogP contribution in [-0.4, -0.2) is 20.9 Å². The first-order valence-corrected chi connectivity index (χ1v) is 15.7. The van der Waals surface area contributed by atoms with Crippen LogP contribution in [0.5, 0.6) is 0 Å². The van der Waals surface area contributed by atoms with Gasteiger partial charge in [-0.3, -0.25) is 4.79 Å². The van der Waals surface area contributed by atoms with Gasteiger partial charge < -0.3 is 4.43 Å². The monoisotopic (exact) mass is 430 g/mol. The van der Waals surface area contributed by atoms with Gasteiger partial charge in [-0.25, -0.2) is 0 Å². The molecule has 1 unspecified atom stereocenters. The van der Waals surface area contributed by atoms with Crippen LogP contribution in [0, 0.1) is 39.9 Å². The maximum atomic E-state index is 13.4. The van der Waals surface area contributed by atoms with E-state index >= 15 is 0 Å². The first kappa shape index (κ1) is 22.8. The molecule has 0 N–H and O–H groups in total. The molecular weight excluding hydrogens is 384 g/mol. The van der Waals surface area contributed by atoms with E-state index in [4.69, 9.17) is 4.43 Å². The minimum Gasteiger partial charge on any atom is -0.417 e. The first-order valence-electron chi connectivity index (χ1n) is 12.9. The van der Waals surface area contributed by atoms with Crippen LogP contribution in [0.2, 0.25) is 13.1 Å². The van der Waals surface area contributed by atoms with E-state index in [1.54, 1.807) is 0 Å². The van der Waals surface area contributed by atoms with Gasteiger partial charge in [0.05, 0.1) is 0 Å². The lowest BCUT2D eigenvalue weighted by Gasteiger charge is -2.57. The number of fused-ring (bicyclic) bond motifs is 5. The highest BCUT2D eigenvalue weighted by Gasteiger charge is 2.60. The quantitative estimate of drug-likeness (QED) is 0.452. The fourth-order valence-electron chi connectivity index (χ4n) is 8.13. The summed E-state index contributed by atoms with van der Waals surface area (Å²) in [7, 11) is -1.07. The van der Waals surface area contributed by atoms with Gasteiger partial charge in [-0.2, -0.15) is 0 Å². The van der Waals surface area contributed by atoms with Crippen LogP contribution in [0.4, 0.5) is 0 Å². The van der Waals surface area contributed by atoms with Gasteiger partial charge in [0.2, 0.25) is 0 Å². The van der Waals surface area contributed by atoms with Crippen LogP contribution < -0.4 is 0 Å². The van der Waals surface area contributed by atoms with Crippen LogP contribution in [0.15, 0.2) is 11.6 Å². The van der Waals surface area contributed by atoms with Crippen molar-refractivity contribution in [2.45, 2.75) is 112 Å². The normalized spacial score (nSPS) is 42.4. The molecule has 3 saturated carbocycles. The number of carbonyl (C=O) groups excluding carboxylic acids is 1. The second-order valence-electron chi connectivity index (χ2n) is 13.0. The Bertz CT molecular complexity index is 704. The Labute approximate surface area is 187 Å². The maximum Gasteiger partial charge on any atom is 0.171 e. The van der Waals surface area contributed by atoms with Crippen molar-refractivity contribution in [3.63, 3.8) is 0 Å². The molecule has 3 fully saturated rings. The Morgan fingerprint density at radius 2 is 1.83 bits per heavy atom. The van der Waals surface area contributed by atoms with Crippen LogP contribution in [0.25, 0.3) is 0 Å². The van der Waals surface area contributed by atoms with Gasteiger partial charge in [-0.1, -0.05) is 46.6 Å². The van der Waals surface area contributed by atoms with Crippen LogP contribution >= 0.6 is 0 Å². The van der Waals surface area contributed by atoms with Gasteiger partial charge in [-0.05, 0) is 105 Å². The first-order chi connectivity index (χ1) is 14.0. The summed E-state index contributed by atoms with van der Waals surface area (Å²) >= 11 is 0. The predicted molar refractivity (Wildman–Crippen MR) is 128 cm³/mol. The van der Waals surface area contributed by atoms with Crippen molar-refractivity contribution < 1.29 is 9.22 Å². The summed E-state index contributed by atoms with van der Waals surface area (Å²) in [6, 6.07) is 0. The molecule has 4 aliphatic carbocycles. The van der Waals surface area contributed by atoms with Gasteiger partial charge in [0, 0.05) is 12.0 Å². The molecule has 2 nitrogen and oxygen atoms in total. The largest absolute Gasteiger partial charge is 0.417 e. The minimum absolute atomic E-state index is 0.191. The van der Waals surface area contributed by atoms with E-state index < -0.39 is 9.04 Å². The highest BCUT2D eigenvalue weighted by Crippen LogP contribution is 2.66. The number of hydrogen-bond acceptors (Lipinski definition) is 2. The molecule has 0 saturated heterocycles. The van der Waals surface area contributed by atoms with E-state index in [2.05, 4.69) is 53.8 Å². The third kappa shape index (κ3) is 3.70. The Morgan fingerprint density at radius 3 is 2.50 bits per heavy atom. The van der Waals surface area contributed by atoms with Crippen LogP contribution in [-0.2, 0) is 9.22 Å². The molecule has 0 radical (unpaired) electrons. The third-order valence-electron chi connectivity index (χ3n) is 9.96. The van der Waals surface area contributed by atoms with Crippen molar-refractivity contribution in [2.75, 3.05) is 0 Å². The number of ketones is 1. The SMILES string of the molecule is C[SiH](C)OC(C[C@H]1CC[C@H]2[C@@H]3C(=O)C=C4CCCC[C@]4(C)[C@H]3CC[C@]12C)C(C)(C)C. The lowest BCUT2D eigenvalue weighted by molar-refractivity contribution is -0.134. The van der Waals surface area contributed by atoms with Crippen LogP contribution in [0.3, 0.4) is 0 Å². The molecule has 0 amide bonds. The van der Waals surface area contributed by atoms with E-state index in [-0.39, 0.29) is 11.3 Å². The Hall–Kier alpha value is -0.413. The second kappa shape index (κ2) is 7.87. The number of allylic oxidation sites excluding steroid dienone is 2. The van der Waals surface area contributed by atoms with Crippen molar-refractivity contribution >= 4 is 14.8 Å². The molecule has 0 spiro atoms. The average Bonchev–Trinajstić information content (AvgIpc) is 2.97. The van der Waals surface area contributed by atoms with E-state index in [1.807, 2.05) is 0 Å². The molecule has 0 aromatic rings. The minimum atomic E-state index is -1.07. The lowest BCUT2D eigenvalue weighted by Crippen LogP contribution is -2.53. The summed E-state index contributed by atoms with van der Waals surface area (Å²) in [5.41, 5.74) is 2.31. The number of carbonyl (C=O) groups is 1. The maximum absolute atomic E-state index is 13.4. The van der Waals surface area contributed by atoms with E-state index in [0.717, 1.165) is 0 Å². The number of hydrogen-bond donors (Lipinski definition) is 0. The summed E-state index contributed by atoms with van der Waals surface area (Å²) in [6.07, 6.45) is 13.9. The second-order valence-corrected chi connectivity index (χ2v) is 15.4. The summed E-state index contributed by atoms with van der Waals surface area (Å²) in [5.74, 6) is 2.66. The van der Waals surface area contributed by atoms with E-state index in [0.29, 0.717) is 40.5 Å². The molecule has 0 bridgehead atoms. The van der Waals surface area contributed by atoms with E-state index in [9.17, 15) is 4.79 Å². The highest BCUT2D eigenvalue weighted by molar-refractivity contribution is 6.48. The molecule has 0 heterocycles. The van der Waals surface area contributed by atoms with Crippen molar-refractivity contribution in [3.8, 4) is 0 Å². The van der Waals surface area contributed by atoms with Crippen molar-refractivity contribution in [1.82, 2.24) is 0 Å². The fraction of sp³-hybridized carbons (Fsp3) is 0.889. The zero-order valence-electron chi connectivity index (χ0n) is 20.7. The van der Waals surface area contributed by atoms with Gasteiger partial charge in [0.15, 0.2) is 14.8 Å². The predicted octanol–water partition coefficient (Wildman–Crippen LogP) is 6.94. The summed E-state index contributed by atoms with van der Waals surface area (Å²) < 4.78 is 6.58. The molecule has 3 heteroatoms. The summed E-state index contributed by atoms with van der Waals surface area (Å²) in [4.78, 5) is 13.4. The number of rotatable bonds is 4.